The number of amides is 2. The first-order chi connectivity index (χ1) is 19.0. The summed E-state index contributed by atoms with van der Waals surface area (Å²) in [6, 6.07) is 7.75. The Bertz CT molecular complexity index is 1760. The van der Waals surface area contributed by atoms with Crippen molar-refractivity contribution >= 4 is 29.1 Å². The van der Waals surface area contributed by atoms with Crippen LogP contribution in [0.1, 0.15) is 37.8 Å². The molecular formula is C28H26ClFN4O6. The monoisotopic (exact) mass is 568 g/mol. The van der Waals surface area contributed by atoms with Crippen molar-refractivity contribution in [1.29, 1.82) is 0 Å². The van der Waals surface area contributed by atoms with E-state index in [0.717, 1.165) is 15.5 Å². The summed E-state index contributed by atoms with van der Waals surface area (Å²) >= 11 is 6.01. The van der Waals surface area contributed by atoms with E-state index in [-0.39, 0.29) is 41.8 Å². The summed E-state index contributed by atoms with van der Waals surface area (Å²) in [5.74, 6) is -3.17. The second-order valence-electron chi connectivity index (χ2n) is 10.5. The van der Waals surface area contributed by atoms with Crippen LogP contribution >= 0.6 is 11.6 Å². The van der Waals surface area contributed by atoms with Crippen LogP contribution in [-0.2, 0) is 23.2 Å². The number of aromatic hydroxyl groups is 1. The van der Waals surface area contributed by atoms with Gasteiger partial charge in [0.1, 0.15) is 5.82 Å². The molecule has 3 aliphatic rings. The summed E-state index contributed by atoms with van der Waals surface area (Å²) < 4.78 is 23.3. The molecule has 0 spiro atoms. The Kier molecular flexibility index (Phi) is 5.85. The Morgan fingerprint density at radius 1 is 1.12 bits per heavy atom. The van der Waals surface area contributed by atoms with E-state index >= 15 is 0 Å². The number of carbonyl (C=O) groups is 2. The molecule has 1 aliphatic carbocycles. The summed E-state index contributed by atoms with van der Waals surface area (Å²) in [5, 5.41) is 10.2. The van der Waals surface area contributed by atoms with Crippen molar-refractivity contribution in [2.75, 3.05) is 11.5 Å². The summed E-state index contributed by atoms with van der Waals surface area (Å²) in [4.78, 5) is 55.3. The SMILES string of the molecule is CCOc1cc(C2C3=CCn4c(=O)n(C)c(=O)n4C3CC3C(=O)N(c4ccc(F)c(Cl)c4)C(=O)C32C)ccc1O. The summed E-state index contributed by atoms with van der Waals surface area (Å²) in [5.41, 5.74) is -0.874. The van der Waals surface area contributed by atoms with E-state index in [9.17, 15) is 28.7 Å². The van der Waals surface area contributed by atoms with E-state index < -0.39 is 52.3 Å². The maximum atomic E-state index is 14.3. The first-order valence-electron chi connectivity index (χ1n) is 12.9. The highest BCUT2D eigenvalue weighted by Gasteiger charge is 2.65. The van der Waals surface area contributed by atoms with Gasteiger partial charge in [0.05, 0.1) is 41.2 Å². The lowest BCUT2D eigenvalue weighted by Crippen LogP contribution is -2.49. The predicted molar refractivity (Wildman–Crippen MR) is 143 cm³/mol. The van der Waals surface area contributed by atoms with Gasteiger partial charge < -0.3 is 9.84 Å². The second kappa shape index (κ2) is 8.95. The van der Waals surface area contributed by atoms with Crippen LogP contribution in [0.3, 0.4) is 0 Å². The van der Waals surface area contributed by atoms with Gasteiger partial charge in [-0.25, -0.2) is 32.8 Å². The number of phenols is 1. The highest BCUT2D eigenvalue weighted by atomic mass is 35.5. The van der Waals surface area contributed by atoms with Crippen LogP contribution in [0.5, 0.6) is 11.5 Å². The topological polar surface area (TPSA) is 116 Å². The minimum absolute atomic E-state index is 0.0817. The average Bonchev–Trinajstić information content (AvgIpc) is 3.27. The highest BCUT2D eigenvalue weighted by molar-refractivity contribution is 6.31. The average molecular weight is 569 g/mol. The third-order valence-electron chi connectivity index (χ3n) is 8.51. The molecule has 3 heterocycles. The number of benzene rings is 2. The van der Waals surface area contributed by atoms with Gasteiger partial charge in [0.15, 0.2) is 11.5 Å². The zero-order chi connectivity index (χ0) is 28.7. The molecule has 40 heavy (non-hydrogen) atoms. The van der Waals surface area contributed by atoms with Gasteiger partial charge in [0.2, 0.25) is 11.8 Å². The van der Waals surface area contributed by atoms with Crippen molar-refractivity contribution in [3.8, 4) is 11.5 Å². The second-order valence-corrected chi connectivity index (χ2v) is 10.9. The number of phenolic OH excluding ortho intramolecular Hbond substituents is 1. The number of imide groups is 1. The fourth-order valence-electron chi connectivity index (χ4n) is 6.62. The zero-order valence-electron chi connectivity index (χ0n) is 21.9. The summed E-state index contributed by atoms with van der Waals surface area (Å²) in [7, 11) is 1.39. The fourth-order valence-corrected chi connectivity index (χ4v) is 6.79. The van der Waals surface area contributed by atoms with Gasteiger partial charge in [-0.1, -0.05) is 23.7 Å². The number of allylic oxidation sites excluding steroid dienone is 2. The van der Waals surface area contributed by atoms with Crippen molar-refractivity contribution in [3.05, 3.63) is 85.4 Å². The lowest BCUT2D eigenvalue weighted by molar-refractivity contribution is -0.129. The first-order valence-corrected chi connectivity index (χ1v) is 13.3. The Morgan fingerprint density at radius 3 is 2.58 bits per heavy atom. The Hall–Kier alpha value is -4.12. The molecule has 6 rings (SSSR count). The lowest BCUT2D eigenvalue weighted by atomic mass is 9.56. The van der Waals surface area contributed by atoms with Gasteiger partial charge >= 0.3 is 11.4 Å². The number of halogens is 2. The van der Waals surface area contributed by atoms with E-state index in [4.69, 9.17) is 16.3 Å². The van der Waals surface area contributed by atoms with Crippen LogP contribution in [0.25, 0.3) is 0 Å². The number of hydrogen-bond donors (Lipinski definition) is 1. The number of aromatic nitrogens is 3. The number of nitrogens with zero attached hydrogens (tertiary/aromatic N) is 4. The van der Waals surface area contributed by atoms with E-state index in [2.05, 4.69) is 0 Å². The minimum atomic E-state index is -1.32. The van der Waals surface area contributed by atoms with Crippen LogP contribution in [0, 0.1) is 17.2 Å². The lowest BCUT2D eigenvalue weighted by Gasteiger charge is -2.47. The van der Waals surface area contributed by atoms with Crippen LogP contribution in [-0.4, -0.2) is 37.5 Å². The zero-order valence-corrected chi connectivity index (χ0v) is 22.7. The van der Waals surface area contributed by atoms with E-state index in [1.807, 2.05) is 6.08 Å². The molecule has 1 saturated heterocycles. The number of carbonyl (C=O) groups excluding carboxylic acids is 2. The Balaban J connectivity index is 1.58. The molecule has 3 aromatic rings. The number of hydrogen-bond acceptors (Lipinski definition) is 6. The number of anilines is 1. The van der Waals surface area contributed by atoms with Crippen molar-refractivity contribution in [2.45, 2.75) is 38.8 Å². The number of rotatable bonds is 4. The van der Waals surface area contributed by atoms with E-state index in [1.165, 1.54) is 34.6 Å². The van der Waals surface area contributed by atoms with Crippen molar-refractivity contribution < 1.29 is 23.8 Å². The van der Waals surface area contributed by atoms with Crippen LogP contribution in [0.2, 0.25) is 5.02 Å². The van der Waals surface area contributed by atoms with Crippen molar-refractivity contribution in [1.82, 2.24) is 13.9 Å². The number of ether oxygens (including phenoxy) is 1. The molecule has 2 aromatic carbocycles. The Morgan fingerprint density at radius 2 is 1.88 bits per heavy atom. The van der Waals surface area contributed by atoms with Crippen molar-refractivity contribution in [2.24, 2.45) is 18.4 Å². The third kappa shape index (κ3) is 3.39. The molecule has 12 heteroatoms. The van der Waals surface area contributed by atoms with E-state index in [1.54, 1.807) is 26.0 Å². The molecular weight excluding hydrogens is 543 g/mol. The van der Waals surface area contributed by atoms with Crippen LogP contribution in [0.15, 0.2) is 57.6 Å². The molecule has 4 unspecified atom stereocenters. The number of fused-ring (bicyclic) bond motifs is 4. The first kappa shape index (κ1) is 26.1. The largest absolute Gasteiger partial charge is 0.504 e. The molecule has 0 bridgehead atoms. The quantitative estimate of drug-likeness (QED) is 0.382. The molecule has 1 N–H and O–H groups in total. The van der Waals surface area contributed by atoms with Gasteiger partial charge in [-0.3, -0.25) is 9.59 Å². The van der Waals surface area contributed by atoms with Gasteiger partial charge in [-0.05, 0) is 61.7 Å². The Labute approximate surface area is 232 Å². The van der Waals surface area contributed by atoms with Crippen LogP contribution in [0.4, 0.5) is 10.1 Å². The van der Waals surface area contributed by atoms with Crippen molar-refractivity contribution in [3.63, 3.8) is 0 Å². The molecule has 2 aliphatic heterocycles. The standard InChI is InChI=1S/C28H26ClFN4O6/c1-4-40-22-11-14(5-8-21(22)35)23-16-9-10-32-26(38)31(3)27(39)34(32)20(16)13-17-24(36)33(25(37)28(17,23)2)15-6-7-19(30)18(29)12-15/h5-9,11-12,17,20,23,35H,4,10,13H2,1-3H3. The van der Waals surface area contributed by atoms with Gasteiger partial charge in [-0.15, -0.1) is 0 Å². The van der Waals surface area contributed by atoms with Gasteiger partial charge in [0.25, 0.3) is 0 Å². The summed E-state index contributed by atoms with van der Waals surface area (Å²) in [6.45, 7) is 3.88. The smallest absolute Gasteiger partial charge is 0.347 e. The molecule has 2 fully saturated rings. The fraction of sp³-hybridized carbons (Fsp3) is 0.357. The highest BCUT2D eigenvalue weighted by Crippen LogP contribution is 2.61. The van der Waals surface area contributed by atoms with Gasteiger partial charge in [0, 0.05) is 13.0 Å². The predicted octanol–water partition coefficient (Wildman–Crippen LogP) is 3.11. The molecule has 0 radical (unpaired) electrons. The molecule has 2 amide bonds. The molecule has 1 saturated carbocycles. The molecule has 208 valence electrons. The molecule has 4 atom stereocenters. The maximum Gasteiger partial charge on any atom is 0.347 e. The molecule has 10 nitrogen and oxygen atoms in total. The summed E-state index contributed by atoms with van der Waals surface area (Å²) in [6.07, 6.45) is 1.93. The molecule has 1 aromatic heterocycles. The van der Waals surface area contributed by atoms with E-state index in [0.29, 0.717) is 11.1 Å². The van der Waals surface area contributed by atoms with Gasteiger partial charge in [-0.2, -0.15) is 0 Å². The normalized spacial score (nSPS) is 25.4. The maximum absolute atomic E-state index is 14.3. The third-order valence-corrected chi connectivity index (χ3v) is 8.80. The minimum Gasteiger partial charge on any atom is -0.504 e. The van der Waals surface area contributed by atoms with Crippen LogP contribution < -0.4 is 21.0 Å².